The molecule has 168 valence electrons. The van der Waals surface area contributed by atoms with Crippen LogP contribution in [0.4, 0.5) is 5.69 Å². The van der Waals surface area contributed by atoms with Crippen LogP contribution >= 0.6 is 0 Å². The van der Waals surface area contributed by atoms with Gasteiger partial charge in [-0.15, -0.1) is 0 Å². The molecule has 3 aliphatic rings. The van der Waals surface area contributed by atoms with E-state index in [2.05, 4.69) is 16.7 Å². The summed E-state index contributed by atoms with van der Waals surface area (Å²) >= 11 is 0. The third kappa shape index (κ3) is 3.77. The van der Waals surface area contributed by atoms with Gasteiger partial charge >= 0.3 is 0 Å². The molecule has 1 saturated heterocycles. The van der Waals surface area contributed by atoms with Crippen molar-refractivity contribution in [3.8, 4) is 0 Å². The van der Waals surface area contributed by atoms with E-state index in [4.69, 9.17) is 0 Å². The summed E-state index contributed by atoms with van der Waals surface area (Å²) in [5, 5.41) is 16.6. The number of rotatable bonds is 4. The van der Waals surface area contributed by atoms with Crippen LogP contribution in [-0.4, -0.2) is 47.1 Å². The number of para-hydroxylation sites is 1. The van der Waals surface area contributed by atoms with E-state index >= 15 is 0 Å². The highest BCUT2D eigenvalue weighted by atomic mass is 16.3. The average Bonchev–Trinajstić information content (AvgIpc) is 3.29. The van der Waals surface area contributed by atoms with Crippen LogP contribution in [-0.2, 0) is 4.79 Å². The van der Waals surface area contributed by atoms with Crippen molar-refractivity contribution < 1.29 is 14.7 Å². The van der Waals surface area contributed by atoms with E-state index in [1.54, 1.807) is 12.1 Å². The lowest BCUT2D eigenvalue weighted by Crippen LogP contribution is -2.50. The first-order chi connectivity index (χ1) is 15.7. The second-order valence-corrected chi connectivity index (χ2v) is 9.29. The molecule has 0 aromatic heterocycles. The molecule has 2 aromatic carbocycles. The number of nitrogens with zero attached hydrogens (tertiary/aromatic N) is 1. The van der Waals surface area contributed by atoms with Gasteiger partial charge in [-0.25, -0.2) is 0 Å². The Kier molecular flexibility index (Phi) is 5.87. The first-order valence-corrected chi connectivity index (χ1v) is 11.8. The van der Waals surface area contributed by atoms with Crippen molar-refractivity contribution in [2.45, 2.75) is 50.2 Å². The molecule has 2 amide bonds. The van der Waals surface area contributed by atoms with E-state index in [1.165, 1.54) is 0 Å². The predicted molar refractivity (Wildman–Crippen MR) is 123 cm³/mol. The molecule has 1 aliphatic carbocycles. The van der Waals surface area contributed by atoms with Gasteiger partial charge in [0.25, 0.3) is 5.91 Å². The maximum Gasteiger partial charge on any atom is 0.251 e. The number of fused-ring (bicyclic) bond motifs is 3. The number of carbonyl (C=O) groups excluding carboxylic acids is 2. The van der Waals surface area contributed by atoms with Gasteiger partial charge in [0, 0.05) is 29.8 Å². The van der Waals surface area contributed by atoms with Gasteiger partial charge in [0.2, 0.25) is 5.91 Å². The Bertz CT molecular complexity index is 979. The average molecular weight is 434 g/mol. The van der Waals surface area contributed by atoms with Crippen LogP contribution in [0.2, 0.25) is 0 Å². The van der Waals surface area contributed by atoms with Gasteiger partial charge in [-0.05, 0) is 43.0 Å². The topological polar surface area (TPSA) is 81.7 Å². The standard InChI is InChI=1S/C26H31N3O3/c30-16-23-19-14-15-29(24(19)18-10-4-6-12-21(18)27-23)26(32)20-11-5-7-13-22(20)28-25(31)17-8-2-1-3-9-17/h1-4,6,8-10,12,19-20,22-24,27,30H,5,7,11,13-16H2,(H,28,31)/t19-,20+,22-,23+,24+/m1/s1. The smallest absolute Gasteiger partial charge is 0.251 e. The summed E-state index contributed by atoms with van der Waals surface area (Å²) in [6.07, 6.45) is 4.53. The van der Waals surface area contributed by atoms with Gasteiger partial charge in [-0.1, -0.05) is 49.2 Å². The first-order valence-electron chi connectivity index (χ1n) is 11.8. The highest BCUT2D eigenvalue weighted by Crippen LogP contribution is 2.47. The van der Waals surface area contributed by atoms with Crippen molar-refractivity contribution in [1.29, 1.82) is 0 Å². The minimum Gasteiger partial charge on any atom is -0.394 e. The van der Waals surface area contributed by atoms with Gasteiger partial charge in [0.15, 0.2) is 0 Å². The lowest BCUT2D eigenvalue weighted by Gasteiger charge is -2.41. The van der Waals surface area contributed by atoms with Crippen LogP contribution < -0.4 is 10.6 Å². The highest BCUT2D eigenvalue weighted by Gasteiger charge is 2.47. The van der Waals surface area contributed by atoms with Crippen LogP contribution in [0.3, 0.4) is 0 Å². The number of hydrogen-bond donors (Lipinski definition) is 3. The Morgan fingerprint density at radius 3 is 2.56 bits per heavy atom. The zero-order chi connectivity index (χ0) is 22.1. The number of nitrogens with one attached hydrogen (secondary N) is 2. The van der Waals surface area contributed by atoms with Crippen LogP contribution in [0, 0.1) is 11.8 Å². The molecule has 6 nitrogen and oxygen atoms in total. The van der Waals surface area contributed by atoms with Crippen molar-refractivity contribution in [1.82, 2.24) is 10.2 Å². The summed E-state index contributed by atoms with van der Waals surface area (Å²) in [5.41, 5.74) is 2.77. The number of aliphatic hydroxyl groups excluding tert-OH is 1. The van der Waals surface area contributed by atoms with Crippen molar-refractivity contribution in [3.05, 3.63) is 65.7 Å². The second kappa shape index (κ2) is 8.94. The number of benzene rings is 2. The second-order valence-electron chi connectivity index (χ2n) is 9.29. The minimum atomic E-state index is -0.204. The lowest BCUT2D eigenvalue weighted by atomic mass is 9.81. The molecular weight excluding hydrogens is 402 g/mol. The Balaban J connectivity index is 1.38. The molecule has 2 fully saturated rings. The van der Waals surface area contributed by atoms with Crippen molar-refractivity contribution in [2.75, 3.05) is 18.5 Å². The predicted octanol–water partition coefficient (Wildman–Crippen LogP) is 3.35. The largest absolute Gasteiger partial charge is 0.394 e. The zero-order valence-corrected chi connectivity index (χ0v) is 18.2. The molecule has 32 heavy (non-hydrogen) atoms. The molecule has 5 rings (SSSR count). The Morgan fingerprint density at radius 2 is 1.75 bits per heavy atom. The van der Waals surface area contributed by atoms with Crippen molar-refractivity contribution >= 4 is 17.5 Å². The summed E-state index contributed by atoms with van der Waals surface area (Å²) in [6, 6.07) is 17.1. The molecule has 0 radical (unpaired) electrons. The number of likely N-dealkylation sites (tertiary alicyclic amines) is 1. The van der Waals surface area contributed by atoms with Crippen LogP contribution in [0.1, 0.15) is 54.1 Å². The summed E-state index contributed by atoms with van der Waals surface area (Å²) < 4.78 is 0. The van der Waals surface area contributed by atoms with Gasteiger partial charge in [-0.3, -0.25) is 9.59 Å². The molecule has 2 aromatic rings. The van der Waals surface area contributed by atoms with Crippen LogP contribution in [0.5, 0.6) is 0 Å². The lowest BCUT2D eigenvalue weighted by molar-refractivity contribution is -0.139. The third-order valence-electron chi connectivity index (χ3n) is 7.50. The van der Waals surface area contributed by atoms with E-state index in [0.29, 0.717) is 12.1 Å². The molecule has 2 heterocycles. The summed E-state index contributed by atoms with van der Waals surface area (Å²) in [7, 11) is 0. The maximum absolute atomic E-state index is 13.9. The van der Waals surface area contributed by atoms with Gasteiger partial charge < -0.3 is 20.6 Å². The summed E-state index contributed by atoms with van der Waals surface area (Å²) in [6.45, 7) is 0.743. The Labute approximate surface area is 189 Å². The molecular formula is C26H31N3O3. The molecule has 1 saturated carbocycles. The van der Waals surface area contributed by atoms with Gasteiger partial charge in [0.05, 0.1) is 24.6 Å². The minimum absolute atomic E-state index is 0.0236. The molecule has 6 heteroatoms. The molecule has 3 N–H and O–H groups in total. The summed E-state index contributed by atoms with van der Waals surface area (Å²) in [5.74, 6) is 0.0238. The number of amides is 2. The Morgan fingerprint density at radius 1 is 1.00 bits per heavy atom. The third-order valence-corrected chi connectivity index (χ3v) is 7.50. The first kappa shape index (κ1) is 21.0. The van der Waals surface area contributed by atoms with E-state index in [0.717, 1.165) is 43.4 Å². The number of aliphatic hydroxyl groups is 1. The SMILES string of the molecule is O=C(N[C@@H]1CCCC[C@@H]1C(=O)N1CC[C@@H]2[C@H](CO)Nc3ccccc3[C@@H]21)c1ccccc1. The number of anilines is 1. The molecule has 0 bridgehead atoms. The number of carbonyl (C=O) groups is 2. The quantitative estimate of drug-likeness (QED) is 0.691. The maximum atomic E-state index is 13.9. The fourth-order valence-corrected chi connectivity index (χ4v) is 5.91. The van der Waals surface area contributed by atoms with E-state index in [9.17, 15) is 14.7 Å². The van der Waals surface area contributed by atoms with E-state index in [1.807, 2.05) is 41.3 Å². The van der Waals surface area contributed by atoms with E-state index in [-0.39, 0.29) is 48.4 Å². The molecule has 5 atom stereocenters. The molecule has 0 unspecified atom stereocenters. The van der Waals surface area contributed by atoms with Crippen molar-refractivity contribution in [3.63, 3.8) is 0 Å². The van der Waals surface area contributed by atoms with Crippen LogP contribution in [0.25, 0.3) is 0 Å². The van der Waals surface area contributed by atoms with Crippen molar-refractivity contribution in [2.24, 2.45) is 11.8 Å². The van der Waals surface area contributed by atoms with E-state index < -0.39 is 0 Å². The summed E-state index contributed by atoms with van der Waals surface area (Å²) in [4.78, 5) is 28.7. The van der Waals surface area contributed by atoms with Gasteiger partial charge in [-0.2, -0.15) is 0 Å². The molecule has 0 spiro atoms. The number of hydrogen-bond acceptors (Lipinski definition) is 4. The monoisotopic (exact) mass is 433 g/mol. The fourth-order valence-electron chi connectivity index (χ4n) is 5.91. The Hall–Kier alpha value is -2.86. The van der Waals surface area contributed by atoms with Crippen LogP contribution in [0.15, 0.2) is 54.6 Å². The molecule has 2 aliphatic heterocycles. The fraction of sp³-hybridized carbons (Fsp3) is 0.462. The normalized spacial score (nSPS) is 28.9. The highest BCUT2D eigenvalue weighted by molar-refractivity contribution is 5.94. The zero-order valence-electron chi connectivity index (χ0n) is 18.2. The van der Waals surface area contributed by atoms with Gasteiger partial charge in [0.1, 0.15) is 0 Å².